The first kappa shape index (κ1) is 10.0. The molecule has 0 aliphatic rings. The van der Waals surface area contributed by atoms with E-state index in [-0.39, 0.29) is 5.82 Å². The van der Waals surface area contributed by atoms with Crippen molar-refractivity contribution in [2.24, 2.45) is 0 Å². The summed E-state index contributed by atoms with van der Waals surface area (Å²) in [5.74, 6) is 0.342. The van der Waals surface area contributed by atoms with Gasteiger partial charge in [-0.05, 0) is 19.1 Å². The van der Waals surface area contributed by atoms with E-state index in [0.717, 1.165) is 17.3 Å². The third-order valence-corrected chi connectivity index (χ3v) is 2.63. The normalized spacial score (nSPS) is 10.3. The summed E-state index contributed by atoms with van der Waals surface area (Å²) in [6, 6.07) is 4.95. The molecule has 0 saturated carbocycles. The molecule has 1 aromatic carbocycles. The molecule has 1 heterocycles. The van der Waals surface area contributed by atoms with Crippen molar-refractivity contribution in [3.05, 3.63) is 29.6 Å². The number of aromatic nitrogens is 2. The summed E-state index contributed by atoms with van der Waals surface area (Å²) in [6.45, 7) is 1.92. The smallest absolute Gasteiger partial charge is 0.167 e. The van der Waals surface area contributed by atoms with Crippen molar-refractivity contribution < 1.29 is 4.39 Å². The number of anilines is 1. The highest BCUT2D eigenvalue weighted by Gasteiger charge is 2.13. The molecule has 1 aromatic heterocycles. The van der Waals surface area contributed by atoms with Crippen molar-refractivity contribution in [2.45, 2.75) is 6.92 Å². The SMILES string of the molecule is CNc1nsnc1-c1cc(C)ccc1F. The molecule has 0 fully saturated rings. The first-order valence-corrected chi connectivity index (χ1v) is 5.22. The summed E-state index contributed by atoms with van der Waals surface area (Å²) in [7, 11) is 1.74. The van der Waals surface area contributed by atoms with E-state index in [9.17, 15) is 4.39 Å². The van der Waals surface area contributed by atoms with Gasteiger partial charge in [0.2, 0.25) is 0 Å². The second-order valence-electron chi connectivity index (χ2n) is 3.19. The van der Waals surface area contributed by atoms with Gasteiger partial charge in [-0.3, -0.25) is 0 Å². The lowest BCUT2D eigenvalue weighted by Crippen LogP contribution is -1.93. The van der Waals surface area contributed by atoms with Crippen LogP contribution in [0.15, 0.2) is 18.2 Å². The zero-order valence-electron chi connectivity index (χ0n) is 8.41. The summed E-state index contributed by atoms with van der Waals surface area (Å²) in [6.07, 6.45) is 0. The van der Waals surface area contributed by atoms with E-state index in [1.54, 1.807) is 19.2 Å². The molecule has 5 heteroatoms. The number of benzene rings is 1. The Hall–Kier alpha value is -1.49. The van der Waals surface area contributed by atoms with Gasteiger partial charge in [0.1, 0.15) is 11.5 Å². The molecule has 0 atom stereocenters. The Bertz CT molecular complexity index is 481. The van der Waals surface area contributed by atoms with Gasteiger partial charge >= 0.3 is 0 Å². The molecule has 0 unspecified atom stereocenters. The van der Waals surface area contributed by atoms with Crippen LogP contribution in [0.4, 0.5) is 10.2 Å². The van der Waals surface area contributed by atoms with E-state index in [1.807, 2.05) is 6.92 Å². The molecule has 3 nitrogen and oxygen atoms in total. The van der Waals surface area contributed by atoms with Crippen LogP contribution in [0.1, 0.15) is 5.56 Å². The van der Waals surface area contributed by atoms with Gasteiger partial charge in [0.05, 0.1) is 11.7 Å². The average Bonchev–Trinajstić information content (AvgIpc) is 2.69. The first-order chi connectivity index (χ1) is 7.22. The van der Waals surface area contributed by atoms with E-state index >= 15 is 0 Å². The number of rotatable bonds is 2. The van der Waals surface area contributed by atoms with Crippen LogP contribution in [0.3, 0.4) is 0 Å². The van der Waals surface area contributed by atoms with Gasteiger partial charge in [-0.2, -0.15) is 8.75 Å². The number of aryl methyl sites for hydroxylation is 1. The Morgan fingerprint density at radius 1 is 1.33 bits per heavy atom. The van der Waals surface area contributed by atoms with Crippen molar-refractivity contribution in [2.75, 3.05) is 12.4 Å². The van der Waals surface area contributed by atoms with Crippen molar-refractivity contribution >= 4 is 17.5 Å². The number of halogens is 1. The van der Waals surface area contributed by atoms with Crippen molar-refractivity contribution in [3.63, 3.8) is 0 Å². The van der Waals surface area contributed by atoms with E-state index < -0.39 is 0 Å². The quantitative estimate of drug-likeness (QED) is 0.850. The van der Waals surface area contributed by atoms with E-state index in [1.165, 1.54) is 6.07 Å². The monoisotopic (exact) mass is 223 g/mol. The molecule has 0 saturated heterocycles. The van der Waals surface area contributed by atoms with Crippen LogP contribution in [-0.4, -0.2) is 15.8 Å². The van der Waals surface area contributed by atoms with Crippen molar-refractivity contribution in [3.8, 4) is 11.3 Å². The summed E-state index contributed by atoms with van der Waals surface area (Å²) < 4.78 is 21.7. The van der Waals surface area contributed by atoms with Crippen molar-refractivity contribution in [1.29, 1.82) is 0 Å². The minimum Gasteiger partial charge on any atom is -0.370 e. The van der Waals surface area contributed by atoms with Crippen LogP contribution in [0.5, 0.6) is 0 Å². The highest BCUT2D eigenvalue weighted by atomic mass is 32.1. The van der Waals surface area contributed by atoms with Gasteiger partial charge in [-0.15, -0.1) is 0 Å². The van der Waals surface area contributed by atoms with Crippen LogP contribution < -0.4 is 5.32 Å². The molecule has 0 spiro atoms. The van der Waals surface area contributed by atoms with Crippen LogP contribution in [0.2, 0.25) is 0 Å². The van der Waals surface area contributed by atoms with Gasteiger partial charge in [-0.25, -0.2) is 4.39 Å². The molecule has 0 bridgehead atoms. The predicted molar refractivity (Wildman–Crippen MR) is 59.6 cm³/mol. The zero-order valence-corrected chi connectivity index (χ0v) is 9.23. The van der Waals surface area contributed by atoms with Crippen molar-refractivity contribution in [1.82, 2.24) is 8.75 Å². The fourth-order valence-corrected chi connectivity index (χ4v) is 1.92. The Kier molecular flexibility index (Phi) is 2.64. The maximum Gasteiger partial charge on any atom is 0.167 e. The molecule has 0 radical (unpaired) electrons. The second-order valence-corrected chi connectivity index (χ2v) is 3.72. The molecule has 2 rings (SSSR count). The highest BCUT2D eigenvalue weighted by Crippen LogP contribution is 2.28. The molecular formula is C10H10FN3S. The number of nitrogens with zero attached hydrogens (tertiary/aromatic N) is 2. The van der Waals surface area contributed by atoms with Gasteiger partial charge < -0.3 is 5.32 Å². The summed E-state index contributed by atoms with van der Waals surface area (Å²) in [5.41, 5.74) is 2.07. The maximum atomic E-state index is 13.6. The Balaban J connectivity index is 2.58. The lowest BCUT2D eigenvalue weighted by Gasteiger charge is -2.03. The molecule has 1 N–H and O–H groups in total. The van der Waals surface area contributed by atoms with E-state index in [0.29, 0.717) is 17.1 Å². The maximum absolute atomic E-state index is 13.6. The number of hydrogen-bond donors (Lipinski definition) is 1. The van der Waals surface area contributed by atoms with E-state index in [4.69, 9.17) is 0 Å². The van der Waals surface area contributed by atoms with Gasteiger partial charge in [0, 0.05) is 12.6 Å². The third-order valence-electron chi connectivity index (χ3n) is 2.10. The van der Waals surface area contributed by atoms with Gasteiger partial charge in [-0.1, -0.05) is 11.6 Å². The average molecular weight is 223 g/mol. The van der Waals surface area contributed by atoms with Gasteiger partial charge in [0.25, 0.3) is 0 Å². The third kappa shape index (κ3) is 1.83. The molecule has 0 aliphatic heterocycles. The Morgan fingerprint density at radius 3 is 2.87 bits per heavy atom. The van der Waals surface area contributed by atoms with Crippen LogP contribution in [0, 0.1) is 12.7 Å². The Labute approximate surface area is 91.3 Å². The van der Waals surface area contributed by atoms with E-state index in [2.05, 4.69) is 14.1 Å². The second kappa shape index (κ2) is 3.94. The summed E-state index contributed by atoms with van der Waals surface area (Å²) in [4.78, 5) is 0. The van der Waals surface area contributed by atoms with Gasteiger partial charge in [0.15, 0.2) is 5.82 Å². The molecular weight excluding hydrogens is 213 g/mol. The largest absolute Gasteiger partial charge is 0.370 e. The minimum atomic E-state index is -0.273. The molecule has 0 aliphatic carbocycles. The fraction of sp³-hybridized carbons (Fsp3) is 0.200. The standard InChI is InChI=1S/C10H10FN3S/c1-6-3-4-8(11)7(5-6)9-10(12-2)14-15-13-9/h3-5H,1-2H3,(H,12,14). The highest BCUT2D eigenvalue weighted by molar-refractivity contribution is 6.99. The zero-order chi connectivity index (χ0) is 10.8. The topological polar surface area (TPSA) is 37.8 Å². The molecule has 78 valence electrons. The van der Waals surface area contributed by atoms with Crippen LogP contribution in [-0.2, 0) is 0 Å². The molecule has 15 heavy (non-hydrogen) atoms. The fourth-order valence-electron chi connectivity index (χ4n) is 1.35. The minimum absolute atomic E-state index is 0.273. The summed E-state index contributed by atoms with van der Waals surface area (Å²) in [5, 5.41) is 2.89. The Morgan fingerprint density at radius 2 is 2.13 bits per heavy atom. The first-order valence-electron chi connectivity index (χ1n) is 4.49. The number of hydrogen-bond acceptors (Lipinski definition) is 4. The lowest BCUT2D eigenvalue weighted by molar-refractivity contribution is 0.630. The lowest BCUT2D eigenvalue weighted by atomic mass is 10.1. The molecule has 2 aromatic rings. The van der Waals surface area contributed by atoms with Crippen LogP contribution in [0.25, 0.3) is 11.3 Å². The van der Waals surface area contributed by atoms with Crippen LogP contribution >= 0.6 is 11.7 Å². The number of nitrogens with one attached hydrogen (secondary N) is 1. The molecule has 0 amide bonds. The summed E-state index contributed by atoms with van der Waals surface area (Å²) >= 11 is 1.07. The predicted octanol–water partition coefficient (Wildman–Crippen LogP) is 2.69.